The summed E-state index contributed by atoms with van der Waals surface area (Å²) < 4.78 is 34.3. The third-order valence-electron chi connectivity index (χ3n) is 4.22. The molecule has 0 bridgehead atoms. The zero-order chi connectivity index (χ0) is 18.4. The maximum absolute atomic E-state index is 12.8. The molecule has 1 aliphatic heterocycles. The fourth-order valence-corrected chi connectivity index (χ4v) is 4.12. The fraction of sp³-hybridized carbons (Fsp3) is 0.316. The van der Waals surface area contributed by atoms with Crippen molar-refractivity contribution in [1.82, 2.24) is 9.03 Å². The van der Waals surface area contributed by atoms with E-state index in [1.54, 1.807) is 48.5 Å². The SMILES string of the molecule is O=C(NS(=O)(=O)N1CCCCC1)C(Oc1ccccc1)c1ccccc1. The second kappa shape index (κ2) is 8.33. The van der Waals surface area contributed by atoms with Crippen LogP contribution in [-0.2, 0) is 15.0 Å². The van der Waals surface area contributed by atoms with Crippen LogP contribution in [0.2, 0.25) is 0 Å². The van der Waals surface area contributed by atoms with E-state index in [4.69, 9.17) is 4.74 Å². The minimum atomic E-state index is -3.87. The van der Waals surface area contributed by atoms with Gasteiger partial charge in [0.25, 0.3) is 5.91 Å². The minimum absolute atomic E-state index is 0.429. The van der Waals surface area contributed by atoms with Gasteiger partial charge in [-0.05, 0) is 25.0 Å². The van der Waals surface area contributed by atoms with Gasteiger partial charge in [-0.2, -0.15) is 12.7 Å². The van der Waals surface area contributed by atoms with Gasteiger partial charge in [0.2, 0.25) is 6.10 Å². The molecule has 1 atom stereocenters. The Kier molecular flexibility index (Phi) is 5.90. The van der Waals surface area contributed by atoms with Crippen LogP contribution in [0.15, 0.2) is 60.7 Å². The molecule has 0 spiro atoms. The summed E-state index contributed by atoms with van der Waals surface area (Å²) in [6, 6.07) is 17.7. The predicted octanol–water partition coefficient (Wildman–Crippen LogP) is 2.65. The first-order valence-electron chi connectivity index (χ1n) is 8.65. The standard InChI is InChI=1S/C19H22N2O4S/c22-19(20-26(23,24)21-14-8-3-9-15-21)18(16-10-4-1-5-11-16)25-17-12-6-2-7-13-17/h1-2,4-7,10-13,18H,3,8-9,14-15H2,(H,20,22). The molecule has 7 heteroatoms. The maximum atomic E-state index is 12.8. The molecule has 2 aromatic carbocycles. The number of amides is 1. The van der Waals surface area contributed by atoms with E-state index in [0.29, 0.717) is 24.4 Å². The first kappa shape index (κ1) is 18.4. The number of hydrogen-bond acceptors (Lipinski definition) is 4. The molecule has 0 aromatic heterocycles. The van der Waals surface area contributed by atoms with Crippen molar-refractivity contribution >= 4 is 16.1 Å². The van der Waals surface area contributed by atoms with Gasteiger partial charge in [-0.25, -0.2) is 4.72 Å². The lowest BCUT2D eigenvalue weighted by Crippen LogP contribution is -2.47. The van der Waals surface area contributed by atoms with E-state index in [0.717, 1.165) is 19.3 Å². The highest BCUT2D eigenvalue weighted by atomic mass is 32.2. The van der Waals surface area contributed by atoms with Gasteiger partial charge in [0, 0.05) is 18.7 Å². The number of para-hydroxylation sites is 1. The average Bonchev–Trinajstić information content (AvgIpc) is 2.68. The van der Waals surface area contributed by atoms with Crippen LogP contribution >= 0.6 is 0 Å². The van der Waals surface area contributed by atoms with Crippen molar-refractivity contribution < 1.29 is 17.9 Å². The number of carbonyl (C=O) groups is 1. The summed E-state index contributed by atoms with van der Waals surface area (Å²) in [6.45, 7) is 0.857. The van der Waals surface area contributed by atoms with Crippen LogP contribution in [0.1, 0.15) is 30.9 Å². The zero-order valence-electron chi connectivity index (χ0n) is 14.4. The Hall–Kier alpha value is -2.38. The Morgan fingerprint density at radius 2 is 1.50 bits per heavy atom. The number of rotatable bonds is 6. The Morgan fingerprint density at radius 3 is 2.12 bits per heavy atom. The van der Waals surface area contributed by atoms with E-state index in [-0.39, 0.29) is 0 Å². The number of carbonyl (C=O) groups excluding carboxylic acids is 1. The van der Waals surface area contributed by atoms with Crippen molar-refractivity contribution in [3.05, 3.63) is 66.2 Å². The Bertz CT molecular complexity index is 819. The van der Waals surface area contributed by atoms with E-state index in [1.165, 1.54) is 4.31 Å². The van der Waals surface area contributed by atoms with E-state index in [2.05, 4.69) is 4.72 Å². The molecule has 1 saturated heterocycles. The van der Waals surface area contributed by atoms with Gasteiger partial charge in [-0.3, -0.25) is 4.79 Å². The highest BCUT2D eigenvalue weighted by molar-refractivity contribution is 7.87. The van der Waals surface area contributed by atoms with Crippen LogP contribution in [0.3, 0.4) is 0 Å². The van der Waals surface area contributed by atoms with E-state index in [1.807, 2.05) is 12.1 Å². The quantitative estimate of drug-likeness (QED) is 0.843. The molecule has 0 saturated carbocycles. The average molecular weight is 374 g/mol. The summed E-state index contributed by atoms with van der Waals surface area (Å²) in [7, 11) is -3.87. The number of ether oxygens (including phenoxy) is 1. The largest absolute Gasteiger partial charge is 0.476 e. The number of nitrogens with one attached hydrogen (secondary N) is 1. The highest BCUT2D eigenvalue weighted by Crippen LogP contribution is 2.23. The summed E-state index contributed by atoms with van der Waals surface area (Å²) in [6.07, 6.45) is 1.55. The molecule has 1 aliphatic rings. The maximum Gasteiger partial charge on any atom is 0.303 e. The molecule has 6 nitrogen and oxygen atoms in total. The van der Waals surface area contributed by atoms with Gasteiger partial charge < -0.3 is 4.74 Å². The molecule has 0 radical (unpaired) electrons. The molecule has 26 heavy (non-hydrogen) atoms. The normalized spacial score (nSPS) is 16.6. The van der Waals surface area contributed by atoms with E-state index >= 15 is 0 Å². The van der Waals surface area contributed by atoms with Gasteiger partial charge in [-0.1, -0.05) is 55.0 Å². The van der Waals surface area contributed by atoms with Crippen molar-refractivity contribution in [3.63, 3.8) is 0 Å². The number of nitrogens with zero attached hydrogens (tertiary/aromatic N) is 1. The molecule has 1 N–H and O–H groups in total. The zero-order valence-corrected chi connectivity index (χ0v) is 15.2. The van der Waals surface area contributed by atoms with Crippen molar-refractivity contribution in [3.8, 4) is 5.75 Å². The first-order valence-corrected chi connectivity index (χ1v) is 10.1. The number of hydrogen-bond donors (Lipinski definition) is 1. The van der Waals surface area contributed by atoms with Crippen molar-refractivity contribution in [2.24, 2.45) is 0 Å². The van der Waals surface area contributed by atoms with Crippen LogP contribution in [-0.4, -0.2) is 31.7 Å². The molecule has 1 amide bonds. The molecule has 3 rings (SSSR count). The van der Waals surface area contributed by atoms with Crippen LogP contribution in [0.5, 0.6) is 5.75 Å². The van der Waals surface area contributed by atoms with Gasteiger partial charge in [0.1, 0.15) is 5.75 Å². The Morgan fingerprint density at radius 1 is 0.923 bits per heavy atom. The van der Waals surface area contributed by atoms with E-state index < -0.39 is 22.2 Å². The fourth-order valence-electron chi connectivity index (χ4n) is 2.89. The van der Waals surface area contributed by atoms with Crippen molar-refractivity contribution in [2.45, 2.75) is 25.4 Å². The molecule has 0 aliphatic carbocycles. The van der Waals surface area contributed by atoms with Gasteiger partial charge in [0.15, 0.2) is 0 Å². The summed E-state index contributed by atoms with van der Waals surface area (Å²) in [5.74, 6) is -0.211. The summed E-state index contributed by atoms with van der Waals surface area (Å²) in [5, 5.41) is 0. The van der Waals surface area contributed by atoms with Crippen LogP contribution in [0.4, 0.5) is 0 Å². The third kappa shape index (κ3) is 4.62. The third-order valence-corrected chi connectivity index (χ3v) is 5.73. The van der Waals surface area contributed by atoms with Crippen molar-refractivity contribution in [2.75, 3.05) is 13.1 Å². The minimum Gasteiger partial charge on any atom is -0.476 e. The molecular weight excluding hydrogens is 352 g/mol. The van der Waals surface area contributed by atoms with Gasteiger partial charge in [0.05, 0.1) is 0 Å². The van der Waals surface area contributed by atoms with Crippen LogP contribution in [0.25, 0.3) is 0 Å². The Balaban J connectivity index is 1.80. The number of benzene rings is 2. The smallest absolute Gasteiger partial charge is 0.303 e. The van der Waals surface area contributed by atoms with Crippen LogP contribution in [0, 0.1) is 0 Å². The van der Waals surface area contributed by atoms with Gasteiger partial charge >= 0.3 is 10.2 Å². The molecule has 138 valence electrons. The topological polar surface area (TPSA) is 75.7 Å². The van der Waals surface area contributed by atoms with E-state index in [9.17, 15) is 13.2 Å². The lowest BCUT2D eigenvalue weighted by Gasteiger charge is -2.27. The summed E-state index contributed by atoms with van der Waals surface area (Å²) >= 11 is 0. The van der Waals surface area contributed by atoms with Crippen molar-refractivity contribution in [1.29, 1.82) is 0 Å². The van der Waals surface area contributed by atoms with Crippen LogP contribution < -0.4 is 9.46 Å². The predicted molar refractivity (Wildman–Crippen MR) is 98.7 cm³/mol. The first-order chi connectivity index (χ1) is 12.6. The second-order valence-electron chi connectivity index (χ2n) is 6.15. The van der Waals surface area contributed by atoms with Gasteiger partial charge in [-0.15, -0.1) is 0 Å². The number of piperidine rings is 1. The summed E-state index contributed by atoms with van der Waals surface area (Å²) in [5.41, 5.74) is 0.586. The molecular formula is C19H22N2O4S. The lowest BCUT2D eigenvalue weighted by molar-refractivity contribution is -0.126. The second-order valence-corrected chi connectivity index (χ2v) is 7.82. The summed E-state index contributed by atoms with van der Waals surface area (Å²) in [4.78, 5) is 12.8. The monoisotopic (exact) mass is 374 g/mol. The lowest BCUT2D eigenvalue weighted by atomic mass is 10.1. The Labute approximate surface area is 154 Å². The molecule has 1 heterocycles. The molecule has 2 aromatic rings. The highest BCUT2D eigenvalue weighted by Gasteiger charge is 2.31. The molecule has 1 unspecified atom stereocenters. The molecule has 1 fully saturated rings.